The third-order valence-corrected chi connectivity index (χ3v) is 1.81. The maximum Gasteiger partial charge on any atom is 0.315 e. The zero-order chi connectivity index (χ0) is 11.2. The van der Waals surface area contributed by atoms with Gasteiger partial charge in [-0.1, -0.05) is 6.92 Å². The van der Waals surface area contributed by atoms with Crippen molar-refractivity contribution in [1.29, 1.82) is 0 Å². The van der Waals surface area contributed by atoms with Crippen molar-refractivity contribution in [1.82, 2.24) is 15.5 Å². The fourth-order valence-corrected chi connectivity index (χ4v) is 0.903. The van der Waals surface area contributed by atoms with Gasteiger partial charge in [0.25, 0.3) is 0 Å². The number of nitrogens with zero attached hydrogens (tertiary/aromatic N) is 1. The average molecular weight is 201 g/mol. The van der Waals surface area contributed by atoms with Gasteiger partial charge in [0.05, 0.1) is 0 Å². The summed E-state index contributed by atoms with van der Waals surface area (Å²) in [6.45, 7) is 10.6. The Labute approximate surface area is 87.0 Å². The zero-order valence-electron chi connectivity index (χ0n) is 9.98. The van der Waals surface area contributed by atoms with Crippen LogP contribution in [0.4, 0.5) is 4.79 Å². The van der Waals surface area contributed by atoms with Gasteiger partial charge < -0.3 is 15.5 Å². The molecule has 0 aliphatic rings. The van der Waals surface area contributed by atoms with Crippen LogP contribution in [0.15, 0.2) is 0 Å². The van der Waals surface area contributed by atoms with Crippen LogP contribution in [0.5, 0.6) is 0 Å². The Morgan fingerprint density at radius 3 is 2.36 bits per heavy atom. The van der Waals surface area contributed by atoms with E-state index in [9.17, 15) is 4.79 Å². The van der Waals surface area contributed by atoms with Crippen molar-refractivity contribution in [2.24, 2.45) is 0 Å². The maximum atomic E-state index is 11.3. The van der Waals surface area contributed by atoms with Gasteiger partial charge in [0.1, 0.15) is 0 Å². The van der Waals surface area contributed by atoms with Gasteiger partial charge in [0.15, 0.2) is 0 Å². The summed E-state index contributed by atoms with van der Waals surface area (Å²) in [5.74, 6) is 0. The predicted molar refractivity (Wildman–Crippen MR) is 59.5 cm³/mol. The molecule has 4 nitrogen and oxygen atoms in total. The van der Waals surface area contributed by atoms with Crippen LogP contribution in [0.1, 0.15) is 27.7 Å². The first kappa shape index (κ1) is 13.2. The number of likely N-dealkylation sites (N-methyl/N-ethyl adjacent to an activating group) is 1. The number of hydrogen-bond donors (Lipinski definition) is 2. The number of nitrogens with one attached hydrogen (secondary N) is 2. The highest BCUT2D eigenvalue weighted by Crippen LogP contribution is 1.96. The molecular weight excluding hydrogens is 178 g/mol. The molecule has 0 fully saturated rings. The molecule has 14 heavy (non-hydrogen) atoms. The van der Waals surface area contributed by atoms with E-state index in [1.807, 2.05) is 27.8 Å². The Morgan fingerprint density at radius 1 is 1.36 bits per heavy atom. The second-order valence-corrected chi connectivity index (χ2v) is 4.53. The first-order chi connectivity index (χ1) is 6.35. The molecule has 2 N–H and O–H groups in total. The van der Waals surface area contributed by atoms with Gasteiger partial charge in [-0.3, -0.25) is 0 Å². The Kier molecular flexibility index (Phi) is 5.53. The van der Waals surface area contributed by atoms with E-state index < -0.39 is 0 Å². The van der Waals surface area contributed by atoms with E-state index in [1.165, 1.54) is 0 Å². The molecule has 0 aliphatic carbocycles. The molecule has 0 unspecified atom stereocenters. The quantitative estimate of drug-likeness (QED) is 0.713. The normalized spacial score (nSPS) is 11.6. The van der Waals surface area contributed by atoms with Crippen LogP contribution in [0.2, 0.25) is 0 Å². The van der Waals surface area contributed by atoms with E-state index in [-0.39, 0.29) is 11.6 Å². The standard InChI is InChI=1S/C10H23N3O/c1-6-13(5)8-7-11-9(14)12-10(2,3)4/h6-8H2,1-5H3,(H2,11,12,14). The Hall–Kier alpha value is -0.770. The van der Waals surface area contributed by atoms with Crippen molar-refractivity contribution in [3.8, 4) is 0 Å². The van der Waals surface area contributed by atoms with E-state index in [1.54, 1.807) is 0 Å². The van der Waals surface area contributed by atoms with Crippen LogP contribution in [-0.2, 0) is 0 Å². The summed E-state index contributed by atoms with van der Waals surface area (Å²) < 4.78 is 0. The molecule has 0 aromatic carbocycles. The summed E-state index contributed by atoms with van der Waals surface area (Å²) >= 11 is 0. The first-order valence-electron chi connectivity index (χ1n) is 5.09. The number of amides is 2. The Bertz CT molecular complexity index is 175. The van der Waals surface area contributed by atoms with Crippen LogP contribution in [0, 0.1) is 0 Å². The molecule has 0 rings (SSSR count). The van der Waals surface area contributed by atoms with Crippen LogP contribution in [0.25, 0.3) is 0 Å². The second-order valence-electron chi connectivity index (χ2n) is 4.53. The molecule has 2 amide bonds. The molecule has 0 heterocycles. The van der Waals surface area contributed by atoms with Crippen LogP contribution in [-0.4, -0.2) is 43.2 Å². The summed E-state index contributed by atoms with van der Waals surface area (Å²) in [7, 11) is 2.03. The number of carbonyl (C=O) groups excluding carboxylic acids is 1. The molecule has 0 aromatic rings. The Morgan fingerprint density at radius 2 is 1.93 bits per heavy atom. The monoisotopic (exact) mass is 201 g/mol. The fraction of sp³-hybridized carbons (Fsp3) is 0.900. The lowest BCUT2D eigenvalue weighted by Crippen LogP contribution is -2.47. The van der Waals surface area contributed by atoms with Crippen LogP contribution < -0.4 is 10.6 Å². The number of hydrogen-bond acceptors (Lipinski definition) is 2. The van der Waals surface area contributed by atoms with E-state index in [0.717, 1.165) is 13.1 Å². The highest BCUT2D eigenvalue weighted by Gasteiger charge is 2.12. The van der Waals surface area contributed by atoms with Crippen molar-refractivity contribution < 1.29 is 4.79 Å². The molecule has 0 saturated heterocycles. The second kappa shape index (κ2) is 5.86. The van der Waals surface area contributed by atoms with Crippen LogP contribution in [0.3, 0.4) is 0 Å². The van der Waals surface area contributed by atoms with Crippen molar-refractivity contribution in [3.05, 3.63) is 0 Å². The molecule has 0 aromatic heterocycles. The van der Waals surface area contributed by atoms with Gasteiger partial charge in [-0.2, -0.15) is 0 Å². The van der Waals surface area contributed by atoms with Crippen molar-refractivity contribution >= 4 is 6.03 Å². The minimum absolute atomic E-state index is 0.0954. The molecular formula is C10H23N3O. The predicted octanol–water partition coefficient (Wildman–Crippen LogP) is 1.04. The van der Waals surface area contributed by atoms with E-state index in [4.69, 9.17) is 0 Å². The summed E-state index contributed by atoms with van der Waals surface area (Å²) in [4.78, 5) is 13.4. The van der Waals surface area contributed by atoms with Gasteiger partial charge >= 0.3 is 6.03 Å². The minimum atomic E-state index is -0.166. The summed E-state index contributed by atoms with van der Waals surface area (Å²) in [5, 5.41) is 5.66. The topological polar surface area (TPSA) is 44.4 Å². The Balaban J connectivity index is 3.55. The smallest absolute Gasteiger partial charge is 0.315 e. The molecule has 0 aliphatic heterocycles. The summed E-state index contributed by atoms with van der Waals surface area (Å²) in [5.41, 5.74) is -0.166. The summed E-state index contributed by atoms with van der Waals surface area (Å²) in [6.07, 6.45) is 0. The first-order valence-corrected chi connectivity index (χ1v) is 5.09. The maximum absolute atomic E-state index is 11.3. The van der Waals surface area contributed by atoms with Crippen molar-refractivity contribution in [2.45, 2.75) is 33.2 Å². The lowest BCUT2D eigenvalue weighted by Gasteiger charge is -2.21. The number of rotatable bonds is 4. The molecule has 4 heteroatoms. The van der Waals surface area contributed by atoms with Gasteiger partial charge in [0, 0.05) is 18.6 Å². The highest BCUT2D eigenvalue weighted by atomic mass is 16.2. The highest BCUT2D eigenvalue weighted by molar-refractivity contribution is 5.74. The average Bonchev–Trinajstić information content (AvgIpc) is 2.00. The third-order valence-electron chi connectivity index (χ3n) is 1.81. The lowest BCUT2D eigenvalue weighted by molar-refractivity contribution is 0.230. The molecule has 0 radical (unpaired) electrons. The van der Waals surface area contributed by atoms with E-state index >= 15 is 0 Å². The van der Waals surface area contributed by atoms with Crippen molar-refractivity contribution in [2.75, 3.05) is 26.7 Å². The fourth-order valence-electron chi connectivity index (χ4n) is 0.903. The van der Waals surface area contributed by atoms with Gasteiger partial charge in [-0.05, 0) is 34.4 Å². The van der Waals surface area contributed by atoms with Gasteiger partial charge in [-0.15, -0.1) is 0 Å². The molecule has 0 bridgehead atoms. The van der Waals surface area contributed by atoms with E-state index in [0.29, 0.717) is 6.54 Å². The van der Waals surface area contributed by atoms with Gasteiger partial charge in [0.2, 0.25) is 0 Å². The lowest BCUT2D eigenvalue weighted by atomic mass is 10.1. The SMILES string of the molecule is CCN(C)CCNC(=O)NC(C)(C)C. The molecule has 0 saturated carbocycles. The van der Waals surface area contributed by atoms with E-state index in [2.05, 4.69) is 22.5 Å². The van der Waals surface area contributed by atoms with Gasteiger partial charge in [-0.25, -0.2) is 4.79 Å². The largest absolute Gasteiger partial charge is 0.337 e. The molecule has 0 spiro atoms. The summed E-state index contributed by atoms with van der Waals surface area (Å²) in [6, 6.07) is -0.0954. The zero-order valence-corrected chi connectivity index (χ0v) is 9.98. The molecule has 0 atom stereocenters. The van der Waals surface area contributed by atoms with Crippen molar-refractivity contribution in [3.63, 3.8) is 0 Å². The third kappa shape index (κ3) is 7.86. The number of carbonyl (C=O) groups is 1. The van der Waals surface area contributed by atoms with Crippen LogP contribution >= 0.6 is 0 Å². The molecule has 84 valence electrons. The minimum Gasteiger partial charge on any atom is -0.337 e. The number of urea groups is 1.